The minimum atomic E-state index is 0.382. The highest BCUT2D eigenvalue weighted by molar-refractivity contribution is 5.62. The van der Waals surface area contributed by atoms with Crippen LogP contribution in [-0.4, -0.2) is 40.0 Å². The molecule has 1 aliphatic carbocycles. The Morgan fingerprint density at radius 3 is 2.95 bits per heavy atom. The first-order valence-electron chi connectivity index (χ1n) is 6.86. The fraction of sp³-hybridized carbons (Fsp3) is 0.500. The lowest BCUT2D eigenvalue weighted by atomic mass is 10.1. The summed E-state index contributed by atoms with van der Waals surface area (Å²) in [7, 11) is 3.59. The van der Waals surface area contributed by atoms with Crippen molar-refractivity contribution in [3.63, 3.8) is 0 Å². The van der Waals surface area contributed by atoms with E-state index in [4.69, 9.17) is 4.74 Å². The number of hydrogen-bond donors (Lipinski definition) is 1. The summed E-state index contributed by atoms with van der Waals surface area (Å²) < 4.78 is 6.97. The standard InChI is InChI=1S/C14H19N5O/c1-19-14(16-17-18-19)11-4-3-5-12(8-11)15-13(9-20-2)10-6-7-10/h3-5,8,10,13,15H,6-7,9H2,1-2H3. The van der Waals surface area contributed by atoms with E-state index in [1.54, 1.807) is 11.8 Å². The van der Waals surface area contributed by atoms with Gasteiger partial charge in [0.2, 0.25) is 0 Å². The summed E-state index contributed by atoms with van der Waals surface area (Å²) in [4.78, 5) is 0. The third-order valence-corrected chi connectivity index (χ3v) is 3.63. The first-order chi connectivity index (χ1) is 9.78. The number of aryl methyl sites for hydroxylation is 1. The minimum absolute atomic E-state index is 0.382. The lowest BCUT2D eigenvalue weighted by Gasteiger charge is -2.19. The molecule has 0 spiro atoms. The summed E-state index contributed by atoms with van der Waals surface area (Å²) in [5.74, 6) is 1.50. The van der Waals surface area contributed by atoms with Crippen LogP contribution in [0.5, 0.6) is 0 Å². The number of anilines is 1. The molecule has 1 N–H and O–H groups in total. The summed E-state index contributed by atoms with van der Waals surface area (Å²) in [6.45, 7) is 0.737. The van der Waals surface area contributed by atoms with Crippen molar-refractivity contribution in [2.45, 2.75) is 18.9 Å². The maximum atomic E-state index is 5.30. The van der Waals surface area contributed by atoms with Gasteiger partial charge in [0, 0.05) is 25.4 Å². The third-order valence-electron chi connectivity index (χ3n) is 3.63. The van der Waals surface area contributed by atoms with Gasteiger partial charge in [-0.25, -0.2) is 4.68 Å². The Kier molecular flexibility index (Phi) is 3.64. The smallest absolute Gasteiger partial charge is 0.181 e. The first kappa shape index (κ1) is 13.1. The number of nitrogens with one attached hydrogen (secondary N) is 1. The Morgan fingerprint density at radius 1 is 1.45 bits per heavy atom. The average Bonchev–Trinajstić information content (AvgIpc) is 3.21. The minimum Gasteiger partial charge on any atom is -0.383 e. The zero-order valence-electron chi connectivity index (χ0n) is 11.8. The lowest BCUT2D eigenvalue weighted by molar-refractivity contribution is 0.179. The van der Waals surface area contributed by atoms with Crippen molar-refractivity contribution in [1.29, 1.82) is 0 Å². The zero-order valence-corrected chi connectivity index (χ0v) is 11.8. The molecule has 1 atom stereocenters. The predicted octanol–water partition coefficient (Wildman–Crippen LogP) is 1.71. The van der Waals surface area contributed by atoms with Crippen LogP contribution >= 0.6 is 0 Å². The van der Waals surface area contributed by atoms with Crippen molar-refractivity contribution in [3.8, 4) is 11.4 Å². The van der Waals surface area contributed by atoms with E-state index in [-0.39, 0.29) is 0 Å². The van der Waals surface area contributed by atoms with E-state index in [1.807, 2.05) is 19.2 Å². The molecule has 6 heteroatoms. The topological polar surface area (TPSA) is 64.9 Å². The van der Waals surface area contributed by atoms with Gasteiger partial charge < -0.3 is 10.1 Å². The molecule has 0 radical (unpaired) electrons. The largest absolute Gasteiger partial charge is 0.383 e. The van der Waals surface area contributed by atoms with Crippen molar-refractivity contribution in [2.75, 3.05) is 19.0 Å². The lowest BCUT2D eigenvalue weighted by Crippen LogP contribution is -2.27. The van der Waals surface area contributed by atoms with Crippen LogP contribution in [-0.2, 0) is 11.8 Å². The highest BCUT2D eigenvalue weighted by Gasteiger charge is 2.31. The molecule has 3 rings (SSSR count). The maximum absolute atomic E-state index is 5.30. The van der Waals surface area contributed by atoms with Crippen LogP contribution in [0.3, 0.4) is 0 Å². The van der Waals surface area contributed by atoms with Crippen LogP contribution in [0.25, 0.3) is 11.4 Å². The highest BCUT2D eigenvalue weighted by atomic mass is 16.5. The first-order valence-corrected chi connectivity index (χ1v) is 6.86. The molecule has 106 valence electrons. The van der Waals surface area contributed by atoms with Gasteiger partial charge in [0.15, 0.2) is 5.82 Å². The van der Waals surface area contributed by atoms with Crippen LogP contribution in [0.1, 0.15) is 12.8 Å². The van der Waals surface area contributed by atoms with Gasteiger partial charge in [0.1, 0.15) is 0 Å². The van der Waals surface area contributed by atoms with Crippen molar-refractivity contribution >= 4 is 5.69 Å². The molecule has 20 heavy (non-hydrogen) atoms. The molecule has 1 heterocycles. The van der Waals surface area contributed by atoms with Crippen molar-refractivity contribution in [2.24, 2.45) is 13.0 Å². The number of aromatic nitrogens is 4. The van der Waals surface area contributed by atoms with Crippen molar-refractivity contribution < 1.29 is 4.74 Å². The molecule has 1 unspecified atom stereocenters. The van der Waals surface area contributed by atoms with Crippen LogP contribution in [0.15, 0.2) is 24.3 Å². The molecule has 1 saturated carbocycles. The Hall–Kier alpha value is -1.95. The molecule has 1 aliphatic rings. The Bertz CT molecular complexity index is 578. The number of hydrogen-bond acceptors (Lipinski definition) is 5. The van der Waals surface area contributed by atoms with Gasteiger partial charge in [-0.1, -0.05) is 12.1 Å². The summed E-state index contributed by atoms with van der Waals surface area (Å²) in [5, 5.41) is 15.1. The molecule has 1 fully saturated rings. The van der Waals surface area contributed by atoms with Gasteiger partial charge >= 0.3 is 0 Å². The Balaban J connectivity index is 1.78. The summed E-state index contributed by atoms with van der Waals surface area (Å²) in [5.41, 5.74) is 2.09. The van der Waals surface area contributed by atoms with Gasteiger partial charge in [-0.15, -0.1) is 5.10 Å². The fourth-order valence-corrected chi connectivity index (χ4v) is 2.41. The van der Waals surface area contributed by atoms with Gasteiger partial charge in [-0.3, -0.25) is 0 Å². The molecule has 0 saturated heterocycles. The molecule has 6 nitrogen and oxygen atoms in total. The summed E-state index contributed by atoms with van der Waals surface area (Å²) in [6, 6.07) is 8.56. The van der Waals surface area contributed by atoms with E-state index in [9.17, 15) is 0 Å². The quantitative estimate of drug-likeness (QED) is 0.868. The van der Waals surface area contributed by atoms with Gasteiger partial charge in [0.25, 0.3) is 0 Å². The van der Waals surface area contributed by atoms with E-state index in [0.717, 1.165) is 29.6 Å². The van der Waals surface area contributed by atoms with Crippen LogP contribution in [0.2, 0.25) is 0 Å². The molecule has 2 aromatic rings. The normalized spacial score (nSPS) is 16.1. The molecule has 1 aromatic heterocycles. The van der Waals surface area contributed by atoms with E-state index in [0.29, 0.717) is 6.04 Å². The molecular weight excluding hydrogens is 254 g/mol. The molecular formula is C14H19N5O. The second kappa shape index (κ2) is 5.58. The number of benzene rings is 1. The molecule has 0 bridgehead atoms. The second-order valence-corrected chi connectivity index (χ2v) is 5.25. The fourth-order valence-electron chi connectivity index (χ4n) is 2.41. The Morgan fingerprint density at radius 2 is 2.30 bits per heavy atom. The highest BCUT2D eigenvalue weighted by Crippen LogP contribution is 2.34. The second-order valence-electron chi connectivity index (χ2n) is 5.25. The number of ether oxygens (including phenoxy) is 1. The van der Waals surface area contributed by atoms with E-state index < -0.39 is 0 Å². The van der Waals surface area contributed by atoms with Crippen LogP contribution < -0.4 is 5.32 Å². The van der Waals surface area contributed by atoms with Gasteiger partial charge in [-0.05, 0) is 41.3 Å². The average molecular weight is 273 g/mol. The number of methoxy groups -OCH3 is 1. The van der Waals surface area contributed by atoms with Crippen molar-refractivity contribution in [3.05, 3.63) is 24.3 Å². The van der Waals surface area contributed by atoms with E-state index in [2.05, 4.69) is 33.0 Å². The van der Waals surface area contributed by atoms with Gasteiger partial charge in [0.05, 0.1) is 12.6 Å². The number of rotatable bonds is 6. The van der Waals surface area contributed by atoms with E-state index >= 15 is 0 Å². The van der Waals surface area contributed by atoms with E-state index in [1.165, 1.54) is 12.8 Å². The number of tetrazole rings is 1. The zero-order chi connectivity index (χ0) is 13.9. The predicted molar refractivity (Wildman–Crippen MR) is 76.2 cm³/mol. The molecule has 0 amide bonds. The SMILES string of the molecule is COCC(Nc1cccc(-c2nnnn2C)c1)C1CC1. The summed E-state index contributed by atoms with van der Waals surface area (Å²) in [6.07, 6.45) is 2.57. The van der Waals surface area contributed by atoms with Crippen molar-refractivity contribution in [1.82, 2.24) is 20.2 Å². The molecule has 0 aliphatic heterocycles. The monoisotopic (exact) mass is 273 g/mol. The Labute approximate surface area is 118 Å². The number of nitrogens with zero attached hydrogens (tertiary/aromatic N) is 4. The summed E-state index contributed by atoms with van der Waals surface area (Å²) >= 11 is 0. The maximum Gasteiger partial charge on any atom is 0.181 e. The van der Waals surface area contributed by atoms with Gasteiger partial charge in [-0.2, -0.15) is 0 Å². The van der Waals surface area contributed by atoms with Crippen LogP contribution in [0, 0.1) is 5.92 Å². The molecule has 1 aromatic carbocycles. The third kappa shape index (κ3) is 2.80. The van der Waals surface area contributed by atoms with Crippen LogP contribution in [0.4, 0.5) is 5.69 Å².